The molecule has 20 heavy (non-hydrogen) atoms. The molecule has 0 atom stereocenters. The summed E-state index contributed by atoms with van der Waals surface area (Å²) in [5, 5.41) is 10.7. The smallest absolute Gasteiger partial charge is 0.325 e. The van der Waals surface area contributed by atoms with Crippen molar-refractivity contribution < 1.29 is 19.2 Å². The Balaban J connectivity index is 3.01. The lowest BCUT2D eigenvalue weighted by atomic mass is 10.1. The van der Waals surface area contributed by atoms with Crippen molar-refractivity contribution in [2.45, 2.75) is 13.8 Å². The van der Waals surface area contributed by atoms with Gasteiger partial charge in [0.05, 0.1) is 12.0 Å². The van der Waals surface area contributed by atoms with Crippen LogP contribution in [0.2, 0.25) is 0 Å². The molecule has 0 aliphatic heterocycles. The molecule has 1 amide bonds. The molecule has 0 radical (unpaired) electrons. The van der Waals surface area contributed by atoms with E-state index in [1.165, 1.54) is 30.2 Å². The lowest BCUT2D eigenvalue weighted by Gasteiger charge is -2.20. The summed E-state index contributed by atoms with van der Waals surface area (Å²) in [6, 6.07) is 4.00. The molecule has 0 heterocycles. The van der Waals surface area contributed by atoms with Crippen LogP contribution < -0.4 is 0 Å². The van der Waals surface area contributed by atoms with Crippen LogP contribution in [0.1, 0.15) is 22.8 Å². The Morgan fingerprint density at radius 1 is 1.40 bits per heavy atom. The van der Waals surface area contributed by atoms with Crippen LogP contribution in [0.5, 0.6) is 0 Å². The maximum absolute atomic E-state index is 12.3. The molecule has 1 aromatic carbocycles. The molecule has 0 aliphatic rings. The number of hydrogen-bond acceptors (Lipinski definition) is 5. The van der Waals surface area contributed by atoms with Crippen molar-refractivity contribution in [1.29, 1.82) is 0 Å². The Hall–Kier alpha value is -2.44. The largest absolute Gasteiger partial charge is 0.468 e. The summed E-state index contributed by atoms with van der Waals surface area (Å²) in [6.45, 7) is 3.54. The van der Waals surface area contributed by atoms with Gasteiger partial charge >= 0.3 is 5.97 Å². The highest BCUT2D eigenvalue weighted by Crippen LogP contribution is 2.18. The Morgan fingerprint density at radius 3 is 2.50 bits per heavy atom. The summed E-state index contributed by atoms with van der Waals surface area (Å²) in [6.07, 6.45) is 0. The molecular formula is C13H16N2O5. The minimum absolute atomic E-state index is 0.0740. The number of carbonyl (C=O) groups is 2. The van der Waals surface area contributed by atoms with Crippen molar-refractivity contribution in [3.8, 4) is 0 Å². The number of aryl methyl sites for hydroxylation is 1. The van der Waals surface area contributed by atoms with E-state index in [-0.39, 0.29) is 18.1 Å². The van der Waals surface area contributed by atoms with E-state index < -0.39 is 10.9 Å². The molecule has 7 nitrogen and oxygen atoms in total. The fourth-order valence-electron chi connectivity index (χ4n) is 1.72. The Kier molecular flexibility index (Phi) is 5.19. The van der Waals surface area contributed by atoms with Gasteiger partial charge in [0.25, 0.3) is 11.6 Å². The van der Waals surface area contributed by atoms with Gasteiger partial charge in [0, 0.05) is 24.2 Å². The van der Waals surface area contributed by atoms with Gasteiger partial charge in [0.1, 0.15) is 6.54 Å². The van der Waals surface area contributed by atoms with Crippen molar-refractivity contribution in [2.24, 2.45) is 0 Å². The van der Waals surface area contributed by atoms with Gasteiger partial charge in [-0.15, -0.1) is 0 Å². The molecular weight excluding hydrogens is 264 g/mol. The highest BCUT2D eigenvalue weighted by Gasteiger charge is 2.20. The second kappa shape index (κ2) is 6.65. The van der Waals surface area contributed by atoms with Crippen LogP contribution in [0.15, 0.2) is 18.2 Å². The summed E-state index contributed by atoms with van der Waals surface area (Å²) in [4.78, 5) is 35.0. The number of benzene rings is 1. The first kappa shape index (κ1) is 15.6. The Morgan fingerprint density at radius 2 is 2.05 bits per heavy atom. The molecule has 1 aromatic rings. The number of amides is 1. The average Bonchev–Trinajstić information content (AvgIpc) is 2.43. The van der Waals surface area contributed by atoms with E-state index >= 15 is 0 Å². The average molecular weight is 280 g/mol. The third kappa shape index (κ3) is 3.53. The van der Waals surface area contributed by atoms with Gasteiger partial charge in [-0.25, -0.2) is 0 Å². The van der Waals surface area contributed by atoms with E-state index in [2.05, 4.69) is 4.74 Å². The second-order valence-electron chi connectivity index (χ2n) is 4.15. The number of hydrogen-bond donors (Lipinski definition) is 0. The van der Waals surface area contributed by atoms with Gasteiger partial charge in [-0.05, 0) is 25.5 Å². The highest BCUT2D eigenvalue weighted by molar-refractivity contribution is 5.97. The maximum Gasteiger partial charge on any atom is 0.325 e. The molecule has 0 aliphatic carbocycles. The predicted octanol–water partition coefficient (Wildman–Crippen LogP) is 1.54. The number of esters is 1. The molecule has 0 fully saturated rings. The molecule has 0 aromatic heterocycles. The van der Waals surface area contributed by atoms with Crippen molar-refractivity contribution in [3.63, 3.8) is 0 Å². The molecule has 0 unspecified atom stereocenters. The molecule has 0 spiro atoms. The van der Waals surface area contributed by atoms with E-state index in [4.69, 9.17) is 0 Å². The fourth-order valence-corrected chi connectivity index (χ4v) is 1.72. The van der Waals surface area contributed by atoms with Crippen LogP contribution in [0.25, 0.3) is 0 Å². The van der Waals surface area contributed by atoms with Crippen molar-refractivity contribution in [2.75, 3.05) is 20.2 Å². The van der Waals surface area contributed by atoms with E-state index in [1.54, 1.807) is 13.8 Å². The van der Waals surface area contributed by atoms with Crippen LogP contribution in [0.4, 0.5) is 5.69 Å². The van der Waals surface area contributed by atoms with Crippen LogP contribution in [-0.2, 0) is 9.53 Å². The third-order valence-electron chi connectivity index (χ3n) is 2.87. The van der Waals surface area contributed by atoms with Gasteiger partial charge < -0.3 is 9.64 Å². The molecule has 0 saturated carbocycles. The van der Waals surface area contributed by atoms with Crippen LogP contribution in [0, 0.1) is 17.0 Å². The first-order valence-electron chi connectivity index (χ1n) is 6.01. The summed E-state index contributed by atoms with van der Waals surface area (Å²) < 4.78 is 4.53. The molecule has 108 valence electrons. The van der Waals surface area contributed by atoms with Crippen LogP contribution >= 0.6 is 0 Å². The number of ether oxygens (including phenoxy) is 1. The lowest BCUT2D eigenvalue weighted by Crippen LogP contribution is -2.36. The van der Waals surface area contributed by atoms with E-state index in [9.17, 15) is 19.7 Å². The van der Waals surface area contributed by atoms with E-state index in [0.717, 1.165) is 0 Å². The lowest BCUT2D eigenvalue weighted by molar-refractivity contribution is -0.384. The summed E-state index contributed by atoms with van der Waals surface area (Å²) in [5.74, 6) is -0.870. The number of methoxy groups -OCH3 is 1. The number of likely N-dealkylation sites (N-methyl/N-ethyl adjacent to an activating group) is 1. The maximum atomic E-state index is 12.3. The molecule has 1 rings (SSSR count). The molecule has 0 saturated heterocycles. The number of rotatable bonds is 5. The quantitative estimate of drug-likeness (QED) is 0.463. The standard InChI is InChI=1S/C13H16N2O5/c1-4-14(8-12(16)20-3)13(17)11-6-5-10(15(18)19)7-9(11)2/h5-7H,4,8H2,1-3H3. The minimum atomic E-state index is -0.521. The number of nitro benzene ring substituents is 1. The zero-order valence-electron chi connectivity index (χ0n) is 11.6. The van der Waals surface area contributed by atoms with Gasteiger partial charge in [-0.2, -0.15) is 0 Å². The SMILES string of the molecule is CCN(CC(=O)OC)C(=O)c1ccc([N+](=O)[O-])cc1C. The first-order valence-corrected chi connectivity index (χ1v) is 6.01. The normalized spacial score (nSPS) is 9.95. The second-order valence-corrected chi connectivity index (χ2v) is 4.15. The highest BCUT2D eigenvalue weighted by atomic mass is 16.6. The molecule has 0 bridgehead atoms. The van der Waals surface area contributed by atoms with Crippen LogP contribution in [0.3, 0.4) is 0 Å². The summed E-state index contributed by atoms with van der Waals surface area (Å²) in [7, 11) is 1.25. The zero-order chi connectivity index (χ0) is 15.3. The third-order valence-corrected chi connectivity index (χ3v) is 2.87. The van der Waals surface area contributed by atoms with E-state index in [1.807, 2.05) is 0 Å². The predicted molar refractivity (Wildman–Crippen MR) is 71.4 cm³/mol. The number of non-ortho nitro benzene ring substituents is 1. The summed E-state index contributed by atoms with van der Waals surface area (Å²) in [5.41, 5.74) is 0.754. The Labute approximate surface area is 116 Å². The van der Waals surface area contributed by atoms with Gasteiger partial charge in [0.15, 0.2) is 0 Å². The zero-order valence-corrected chi connectivity index (χ0v) is 11.6. The van der Waals surface area contributed by atoms with Crippen molar-refractivity contribution in [3.05, 3.63) is 39.4 Å². The monoisotopic (exact) mass is 280 g/mol. The van der Waals surface area contributed by atoms with Crippen LogP contribution in [-0.4, -0.2) is 41.9 Å². The van der Waals surface area contributed by atoms with E-state index in [0.29, 0.717) is 17.7 Å². The number of nitrogens with zero attached hydrogens (tertiary/aromatic N) is 2. The van der Waals surface area contributed by atoms with Gasteiger partial charge in [-0.1, -0.05) is 0 Å². The minimum Gasteiger partial charge on any atom is -0.468 e. The van der Waals surface area contributed by atoms with Crippen molar-refractivity contribution in [1.82, 2.24) is 4.90 Å². The molecule has 0 N–H and O–H groups in total. The van der Waals surface area contributed by atoms with Crippen molar-refractivity contribution >= 4 is 17.6 Å². The molecule has 7 heteroatoms. The Bertz CT molecular complexity index is 542. The first-order chi connectivity index (χ1) is 9.40. The van der Waals surface area contributed by atoms with Gasteiger partial charge in [-0.3, -0.25) is 19.7 Å². The number of carbonyl (C=O) groups excluding carboxylic acids is 2. The fraction of sp³-hybridized carbons (Fsp3) is 0.385. The number of nitro groups is 1. The van der Waals surface area contributed by atoms with Gasteiger partial charge in [0.2, 0.25) is 0 Å². The topological polar surface area (TPSA) is 89.8 Å². The summed E-state index contributed by atoms with van der Waals surface area (Å²) >= 11 is 0.